The van der Waals surface area contributed by atoms with E-state index in [2.05, 4.69) is 45.9 Å². The largest absolute Gasteiger partial charge is 0.370 e. The Kier molecular flexibility index (Phi) is 4.73. The topological polar surface area (TPSA) is 43.1 Å². The highest BCUT2D eigenvalue weighted by Crippen LogP contribution is 2.30. The molecule has 0 heterocycles. The van der Waals surface area contributed by atoms with E-state index in [0.29, 0.717) is 12.3 Å². The van der Waals surface area contributed by atoms with E-state index in [-0.39, 0.29) is 11.8 Å². The quantitative estimate of drug-likeness (QED) is 0.833. The Balaban J connectivity index is 3.03. The molecule has 1 atom stereocenters. The van der Waals surface area contributed by atoms with Gasteiger partial charge in [0.2, 0.25) is 5.91 Å². The predicted molar refractivity (Wildman–Crippen MR) is 71.9 cm³/mol. The van der Waals surface area contributed by atoms with Gasteiger partial charge in [-0.05, 0) is 48.8 Å². The number of hydrogen-bond acceptors (Lipinski definition) is 1. The van der Waals surface area contributed by atoms with Crippen LogP contribution in [0.25, 0.3) is 0 Å². The minimum atomic E-state index is -0.212. The van der Waals surface area contributed by atoms with Crippen LogP contribution in [-0.2, 0) is 4.79 Å². The Morgan fingerprint density at radius 2 is 1.94 bits per heavy atom. The van der Waals surface area contributed by atoms with Crippen LogP contribution in [-0.4, -0.2) is 5.91 Å². The van der Waals surface area contributed by atoms with Crippen LogP contribution in [0.1, 0.15) is 49.3 Å². The van der Waals surface area contributed by atoms with Gasteiger partial charge in [0.15, 0.2) is 0 Å². The van der Waals surface area contributed by atoms with E-state index in [1.165, 1.54) is 16.7 Å². The summed E-state index contributed by atoms with van der Waals surface area (Å²) in [4.78, 5) is 11.2. The van der Waals surface area contributed by atoms with Crippen molar-refractivity contribution >= 4 is 5.91 Å². The van der Waals surface area contributed by atoms with Crippen molar-refractivity contribution in [3.63, 3.8) is 0 Å². The van der Waals surface area contributed by atoms with Crippen LogP contribution in [0.4, 0.5) is 0 Å². The molecule has 0 fully saturated rings. The number of rotatable bonds is 5. The Labute approximate surface area is 104 Å². The normalized spacial score (nSPS) is 12.8. The second-order valence-corrected chi connectivity index (χ2v) is 5.29. The van der Waals surface area contributed by atoms with Crippen molar-refractivity contribution in [3.05, 3.63) is 34.9 Å². The molecule has 94 valence electrons. The Bertz CT molecular complexity index is 396. The standard InChI is InChI=1S/C15H23NO/c1-10(2)8-13(9-15(16)17)14-7-5-6-11(3)12(14)4/h5-7,10,13H,8-9H2,1-4H3,(H2,16,17). The number of carbonyl (C=O) groups excluding carboxylic acids is 1. The minimum absolute atomic E-state index is 0.212. The third-order valence-corrected chi connectivity index (χ3v) is 3.29. The maximum atomic E-state index is 11.2. The highest BCUT2D eigenvalue weighted by molar-refractivity contribution is 5.74. The Hall–Kier alpha value is -1.31. The van der Waals surface area contributed by atoms with Crippen LogP contribution in [0.5, 0.6) is 0 Å². The molecule has 0 saturated carbocycles. The van der Waals surface area contributed by atoms with E-state index in [1.807, 2.05) is 0 Å². The molecule has 1 rings (SSSR count). The molecule has 0 aromatic heterocycles. The lowest BCUT2D eigenvalue weighted by Crippen LogP contribution is -2.17. The molecule has 17 heavy (non-hydrogen) atoms. The molecule has 2 N–H and O–H groups in total. The van der Waals surface area contributed by atoms with Gasteiger partial charge in [-0.1, -0.05) is 32.0 Å². The molecule has 0 aliphatic heterocycles. The van der Waals surface area contributed by atoms with E-state index in [4.69, 9.17) is 5.73 Å². The minimum Gasteiger partial charge on any atom is -0.370 e. The van der Waals surface area contributed by atoms with Gasteiger partial charge in [0.1, 0.15) is 0 Å². The molecule has 1 aromatic rings. The zero-order valence-electron chi connectivity index (χ0n) is 11.3. The summed E-state index contributed by atoms with van der Waals surface area (Å²) < 4.78 is 0. The number of amides is 1. The molecule has 1 aromatic carbocycles. The lowest BCUT2D eigenvalue weighted by atomic mass is 9.84. The Morgan fingerprint density at radius 3 is 2.47 bits per heavy atom. The smallest absolute Gasteiger partial charge is 0.218 e. The third-order valence-electron chi connectivity index (χ3n) is 3.29. The lowest BCUT2D eigenvalue weighted by molar-refractivity contribution is -0.118. The first kappa shape index (κ1) is 13.8. The SMILES string of the molecule is Cc1cccc(C(CC(N)=O)CC(C)C)c1C. The van der Waals surface area contributed by atoms with Crippen LogP contribution in [0.3, 0.4) is 0 Å². The van der Waals surface area contributed by atoms with Crippen LogP contribution in [0.15, 0.2) is 18.2 Å². The van der Waals surface area contributed by atoms with Crippen molar-refractivity contribution in [3.8, 4) is 0 Å². The zero-order chi connectivity index (χ0) is 13.0. The van der Waals surface area contributed by atoms with E-state index >= 15 is 0 Å². The molecule has 0 radical (unpaired) electrons. The van der Waals surface area contributed by atoms with Gasteiger partial charge in [-0.15, -0.1) is 0 Å². The first-order valence-electron chi connectivity index (χ1n) is 6.26. The molecule has 1 unspecified atom stereocenters. The lowest BCUT2D eigenvalue weighted by Gasteiger charge is -2.21. The number of benzene rings is 1. The van der Waals surface area contributed by atoms with Gasteiger partial charge in [0.25, 0.3) is 0 Å². The van der Waals surface area contributed by atoms with Crippen molar-refractivity contribution in [1.29, 1.82) is 0 Å². The van der Waals surface area contributed by atoms with E-state index in [0.717, 1.165) is 6.42 Å². The number of primary amides is 1. The number of nitrogens with two attached hydrogens (primary N) is 1. The van der Waals surface area contributed by atoms with Gasteiger partial charge in [0, 0.05) is 6.42 Å². The first-order valence-corrected chi connectivity index (χ1v) is 6.26. The Morgan fingerprint density at radius 1 is 1.29 bits per heavy atom. The molecule has 0 saturated heterocycles. The number of aryl methyl sites for hydroxylation is 1. The first-order chi connectivity index (χ1) is 7.91. The van der Waals surface area contributed by atoms with E-state index in [9.17, 15) is 4.79 Å². The second kappa shape index (κ2) is 5.85. The molecule has 1 amide bonds. The number of carbonyl (C=O) groups is 1. The summed E-state index contributed by atoms with van der Waals surface area (Å²) in [6, 6.07) is 6.29. The summed E-state index contributed by atoms with van der Waals surface area (Å²) in [5.41, 5.74) is 9.20. The molecule has 2 heteroatoms. The van der Waals surface area contributed by atoms with Crippen molar-refractivity contribution in [1.82, 2.24) is 0 Å². The van der Waals surface area contributed by atoms with Gasteiger partial charge in [-0.25, -0.2) is 0 Å². The van der Waals surface area contributed by atoms with Gasteiger partial charge < -0.3 is 5.73 Å². The summed E-state index contributed by atoms with van der Waals surface area (Å²) >= 11 is 0. The highest BCUT2D eigenvalue weighted by Gasteiger charge is 2.18. The third kappa shape index (κ3) is 3.88. The molecular formula is C15H23NO. The fourth-order valence-corrected chi connectivity index (χ4v) is 2.35. The molecule has 2 nitrogen and oxygen atoms in total. The monoisotopic (exact) mass is 233 g/mol. The van der Waals surface area contributed by atoms with Gasteiger partial charge in [-0.2, -0.15) is 0 Å². The maximum absolute atomic E-state index is 11.2. The average molecular weight is 233 g/mol. The summed E-state index contributed by atoms with van der Waals surface area (Å²) in [6.45, 7) is 8.59. The van der Waals surface area contributed by atoms with E-state index in [1.54, 1.807) is 0 Å². The summed E-state index contributed by atoms with van der Waals surface area (Å²) in [5, 5.41) is 0. The van der Waals surface area contributed by atoms with Crippen molar-refractivity contribution in [2.45, 2.75) is 46.5 Å². The van der Waals surface area contributed by atoms with Gasteiger partial charge >= 0.3 is 0 Å². The van der Waals surface area contributed by atoms with Crippen LogP contribution < -0.4 is 5.73 Å². The van der Waals surface area contributed by atoms with E-state index < -0.39 is 0 Å². The predicted octanol–water partition coefficient (Wildman–Crippen LogP) is 3.31. The van der Waals surface area contributed by atoms with Crippen LogP contribution in [0, 0.1) is 19.8 Å². The highest BCUT2D eigenvalue weighted by atomic mass is 16.1. The molecule has 0 bridgehead atoms. The summed E-state index contributed by atoms with van der Waals surface area (Å²) in [7, 11) is 0. The zero-order valence-corrected chi connectivity index (χ0v) is 11.3. The van der Waals surface area contributed by atoms with Crippen molar-refractivity contribution < 1.29 is 4.79 Å². The average Bonchev–Trinajstić information content (AvgIpc) is 2.19. The fourth-order valence-electron chi connectivity index (χ4n) is 2.35. The second-order valence-electron chi connectivity index (χ2n) is 5.29. The molecular weight excluding hydrogens is 210 g/mol. The van der Waals surface area contributed by atoms with Crippen LogP contribution >= 0.6 is 0 Å². The summed E-state index contributed by atoms with van der Waals surface area (Å²) in [5.74, 6) is 0.614. The maximum Gasteiger partial charge on any atom is 0.218 e. The van der Waals surface area contributed by atoms with Crippen molar-refractivity contribution in [2.24, 2.45) is 11.7 Å². The fraction of sp³-hybridized carbons (Fsp3) is 0.533. The van der Waals surface area contributed by atoms with Crippen LogP contribution in [0.2, 0.25) is 0 Å². The van der Waals surface area contributed by atoms with Crippen molar-refractivity contribution in [2.75, 3.05) is 0 Å². The summed E-state index contributed by atoms with van der Waals surface area (Å²) in [6.07, 6.45) is 1.45. The number of hydrogen-bond donors (Lipinski definition) is 1. The molecule has 0 aliphatic carbocycles. The van der Waals surface area contributed by atoms with Gasteiger partial charge in [0.05, 0.1) is 0 Å². The molecule has 0 spiro atoms. The molecule has 0 aliphatic rings. The van der Waals surface area contributed by atoms with Gasteiger partial charge in [-0.3, -0.25) is 4.79 Å².